The maximum atomic E-state index is 12.1. The van der Waals surface area contributed by atoms with Gasteiger partial charge in [0.25, 0.3) is 11.2 Å². The minimum atomic E-state index is -1.59. The Balaban J connectivity index is 1.82. The number of nitro groups is 2. The van der Waals surface area contributed by atoms with Gasteiger partial charge >= 0.3 is 0 Å². The molecule has 4 rings (SSSR count). The normalized spacial score (nSPS) is 20.2. The first kappa shape index (κ1) is 17.7. The topological polar surface area (TPSA) is 92.8 Å². The fourth-order valence-electron chi connectivity index (χ4n) is 3.84. The molecule has 1 unspecified atom stereocenters. The standard InChI is InChI=1S/C20H18N4O4/c1-21-16-8-2-4-10-18(16)22(19-11-5-3-9-17(19)21)14-20(24(27)28)12-6-7-15(13-20)23(25)26/h2-12H,13-14H2,1H3. The molecule has 1 heterocycles. The molecule has 0 spiro atoms. The highest BCUT2D eigenvalue weighted by Gasteiger charge is 2.48. The minimum Gasteiger partial charge on any atom is -0.341 e. The molecule has 0 saturated heterocycles. The average molecular weight is 378 g/mol. The van der Waals surface area contributed by atoms with E-state index in [-0.39, 0.29) is 18.7 Å². The highest BCUT2D eigenvalue weighted by molar-refractivity contribution is 5.92. The Morgan fingerprint density at radius 3 is 2.00 bits per heavy atom. The second kappa shape index (κ2) is 6.49. The summed E-state index contributed by atoms with van der Waals surface area (Å²) < 4.78 is 0. The molecule has 1 atom stereocenters. The van der Waals surface area contributed by atoms with Gasteiger partial charge in [-0.2, -0.15) is 0 Å². The smallest absolute Gasteiger partial charge is 0.268 e. The number of hydrogen-bond donors (Lipinski definition) is 0. The summed E-state index contributed by atoms with van der Waals surface area (Å²) in [6, 6.07) is 15.3. The third-order valence-electron chi connectivity index (χ3n) is 5.28. The van der Waals surface area contributed by atoms with Crippen LogP contribution in [0.15, 0.2) is 72.5 Å². The molecule has 0 fully saturated rings. The lowest BCUT2D eigenvalue weighted by Crippen LogP contribution is -2.48. The van der Waals surface area contributed by atoms with Crippen LogP contribution in [0, 0.1) is 20.2 Å². The van der Waals surface area contributed by atoms with Crippen molar-refractivity contribution in [3.8, 4) is 0 Å². The summed E-state index contributed by atoms with van der Waals surface area (Å²) in [6.07, 6.45) is 3.94. The van der Waals surface area contributed by atoms with Gasteiger partial charge in [-0.25, -0.2) is 0 Å². The van der Waals surface area contributed by atoms with Gasteiger partial charge in [0.15, 0.2) is 0 Å². The molecule has 2 aliphatic rings. The van der Waals surface area contributed by atoms with Crippen LogP contribution < -0.4 is 9.80 Å². The van der Waals surface area contributed by atoms with Crippen molar-refractivity contribution in [3.63, 3.8) is 0 Å². The predicted octanol–water partition coefficient (Wildman–Crippen LogP) is 4.04. The lowest BCUT2D eigenvalue weighted by atomic mass is 9.88. The van der Waals surface area contributed by atoms with Gasteiger partial charge in [0.1, 0.15) is 6.42 Å². The summed E-state index contributed by atoms with van der Waals surface area (Å²) in [5.74, 6) is 0. The van der Waals surface area contributed by atoms with Gasteiger partial charge in [0.2, 0.25) is 0 Å². The van der Waals surface area contributed by atoms with E-state index in [2.05, 4.69) is 0 Å². The lowest BCUT2D eigenvalue weighted by molar-refractivity contribution is -0.558. The number of allylic oxidation sites excluding steroid dienone is 2. The van der Waals surface area contributed by atoms with Crippen LogP contribution in [-0.4, -0.2) is 29.0 Å². The van der Waals surface area contributed by atoms with Gasteiger partial charge in [-0.05, 0) is 30.3 Å². The second-order valence-corrected chi connectivity index (χ2v) is 6.93. The molecule has 1 aliphatic carbocycles. The first-order valence-electron chi connectivity index (χ1n) is 8.79. The van der Waals surface area contributed by atoms with Crippen LogP contribution in [-0.2, 0) is 0 Å². The maximum Gasteiger partial charge on any atom is 0.268 e. The summed E-state index contributed by atoms with van der Waals surface area (Å²) >= 11 is 0. The molecule has 2 aromatic carbocycles. The van der Waals surface area contributed by atoms with Crippen molar-refractivity contribution >= 4 is 22.7 Å². The molecule has 28 heavy (non-hydrogen) atoms. The molecule has 0 aromatic heterocycles. The van der Waals surface area contributed by atoms with Crippen molar-refractivity contribution in [2.24, 2.45) is 0 Å². The van der Waals surface area contributed by atoms with Gasteiger partial charge in [0, 0.05) is 18.0 Å². The highest BCUT2D eigenvalue weighted by atomic mass is 16.6. The van der Waals surface area contributed by atoms with Crippen LogP contribution in [0.3, 0.4) is 0 Å². The van der Waals surface area contributed by atoms with E-state index in [1.54, 1.807) is 0 Å². The number of rotatable bonds is 4. The first-order valence-corrected chi connectivity index (χ1v) is 8.79. The van der Waals surface area contributed by atoms with Crippen molar-refractivity contribution in [1.29, 1.82) is 0 Å². The number of anilines is 4. The average Bonchev–Trinajstić information content (AvgIpc) is 2.71. The molecule has 0 bridgehead atoms. The largest absolute Gasteiger partial charge is 0.341 e. The molecule has 142 valence electrons. The van der Waals surface area contributed by atoms with Gasteiger partial charge in [-0.1, -0.05) is 30.3 Å². The van der Waals surface area contributed by atoms with Gasteiger partial charge in [0.05, 0.1) is 34.2 Å². The Hall–Kier alpha value is -3.68. The predicted molar refractivity (Wildman–Crippen MR) is 107 cm³/mol. The molecular weight excluding hydrogens is 360 g/mol. The van der Waals surface area contributed by atoms with Crippen molar-refractivity contribution in [2.75, 3.05) is 23.4 Å². The number of fused-ring (bicyclic) bond motifs is 2. The first-order chi connectivity index (χ1) is 13.4. The molecule has 0 saturated carbocycles. The van der Waals surface area contributed by atoms with Crippen molar-refractivity contribution in [2.45, 2.75) is 12.0 Å². The van der Waals surface area contributed by atoms with E-state index in [0.29, 0.717) is 0 Å². The highest BCUT2D eigenvalue weighted by Crippen LogP contribution is 2.48. The Kier molecular flexibility index (Phi) is 4.11. The Morgan fingerprint density at radius 2 is 1.50 bits per heavy atom. The van der Waals surface area contributed by atoms with Gasteiger partial charge < -0.3 is 9.80 Å². The third-order valence-corrected chi connectivity index (χ3v) is 5.28. The molecule has 0 amide bonds. The zero-order chi connectivity index (χ0) is 19.9. The summed E-state index contributed by atoms with van der Waals surface area (Å²) in [4.78, 5) is 26.3. The van der Waals surface area contributed by atoms with Gasteiger partial charge in [-0.3, -0.25) is 20.2 Å². The summed E-state index contributed by atoms with van der Waals surface area (Å²) in [6.45, 7) is -0.0104. The monoisotopic (exact) mass is 378 g/mol. The van der Waals surface area contributed by atoms with E-state index in [9.17, 15) is 20.2 Å². The fourth-order valence-corrected chi connectivity index (χ4v) is 3.84. The van der Waals surface area contributed by atoms with E-state index in [1.165, 1.54) is 18.2 Å². The summed E-state index contributed by atoms with van der Waals surface area (Å²) in [5, 5.41) is 23.3. The van der Waals surface area contributed by atoms with E-state index in [4.69, 9.17) is 0 Å². The maximum absolute atomic E-state index is 12.1. The second-order valence-electron chi connectivity index (χ2n) is 6.93. The molecule has 8 nitrogen and oxygen atoms in total. The molecule has 0 N–H and O–H groups in total. The summed E-state index contributed by atoms with van der Waals surface area (Å²) in [5.41, 5.74) is 1.75. The minimum absolute atomic E-state index is 0.0104. The van der Waals surface area contributed by atoms with Crippen LogP contribution in [0.1, 0.15) is 6.42 Å². The molecular formula is C20H18N4O4. The number of benzene rings is 2. The number of hydrogen-bond acceptors (Lipinski definition) is 6. The van der Waals surface area contributed by atoms with E-state index < -0.39 is 15.4 Å². The lowest BCUT2D eigenvalue weighted by Gasteiger charge is -2.40. The van der Waals surface area contributed by atoms with Crippen LogP contribution in [0.4, 0.5) is 22.7 Å². The van der Waals surface area contributed by atoms with Crippen LogP contribution in [0.5, 0.6) is 0 Å². The molecule has 8 heteroatoms. The number of nitrogens with zero attached hydrogens (tertiary/aromatic N) is 4. The zero-order valence-corrected chi connectivity index (χ0v) is 15.2. The summed E-state index contributed by atoms with van der Waals surface area (Å²) in [7, 11) is 1.95. The Labute approximate surface area is 161 Å². The zero-order valence-electron chi connectivity index (χ0n) is 15.2. The van der Waals surface area contributed by atoms with E-state index in [0.717, 1.165) is 22.7 Å². The quantitative estimate of drug-likeness (QED) is 0.589. The molecule has 0 radical (unpaired) electrons. The Bertz CT molecular complexity index is 985. The van der Waals surface area contributed by atoms with Crippen LogP contribution in [0.25, 0.3) is 0 Å². The van der Waals surface area contributed by atoms with E-state index >= 15 is 0 Å². The molecule has 1 aliphatic heterocycles. The van der Waals surface area contributed by atoms with Crippen LogP contribution >= 0.6 is 0 Å². The number of para-hydroxylation sites is 4. The Morgan fingerprint density at radius 1 is 0.964 bits per heavy atom. The fraction of sp³-hybridized carbons (Fsp3) is 0.200. The van der Waals surface area contributed by atoms with Gasteiger partial charge in [-0.15, -0.1) is 0 Å². The van der Waals surface area contributed by atoms with Crippen molar-refractivity contribution in [3.05, 3.63) is 92.7 Å². The van der Waals surface area contributed by atoms with Crippen molar-refractivity contribution < 1.29 is 9.85 Å². The van der Waals surface area contributed by atoms with Crippen LogP contribution in [0.2, 0.25) is 0 Å². The van der Waals surface area contributed by atoms with Crippen molar-refractivity contribution in [1.82, 2.24) is 0 Å². The molecule has 2 aromatic rings. The third kappa shape index (κ3) is 2.70. The van der Waals surface area contributed by atoms with E-state index in [1.807, 2.05) is 65.4 Å². The SMILES string of the molecule is CN1c2ccccc2N(CC2([N+](=O)[O-])C=CC=C([N+](=O)[O-])C2)c2ccccc21.